The first-order valence-electron chi connectivity index (χ1n) is 8.44. The van der Waals surface area contributed by atoms with Gasteiger partial charge < -0.3 is 14.4 Å². The highest BCUT2D eigenvalue weighted by atomic mass is 16.5. The summed E-state index contributed by atoms with van der Waals surface area (Å²) in [6.07, 6.45) is 5.03. The molecule has 0 N–H and O–H groups in total. The zero-order valence-corrected chi connectivity index (χ0v) is 13.5. The first-order chi connectivity index (χ1) is 11.3. The van der Waals surface area contributed by atoms with E-state index in [0.717, 1.165) is 50.6 Å². The fourth-order valence-electron chi connectivity index (χ4n) is 3.60. The number of ether oxygens (including phenoxy) is 2. The molecule has 23 heavy (non-hydrogen) atoms. The zero-order valence-electron chi connectivity index (χ0n) is 13.5. The Morgan fingerprint density at radius 3 is 2.83 bits per heavy atom. The molecule has 0 aliphatic carbocycles. The van der Waals surface area contributed by atoms with Crippen LogP contribution in [0.25, 0.3) is 5.65 Å². The standard InChI is InChI=1S/C16H23N5O2/c1-22-15-5-4-14-17-18-16(21(14)19-15)12-6-8-20(9-7-12)11-13-3-2-10-23-13/h4-5,12-13H,2-3,6-11H2,1H3. The summed E-state index contributed by atoms with van der Waals surface area (Å²) in [5.74, 6) is 1.95. The average Bonchev–Trinajstić information content (AvgIpc) is 3.24. The van der Waals surface area contributed by atoms with Crippen LogP contribution in [0.15, 0.2) is 12.1 Å². The predicted molar refractivity (Wildman–Crippen MR) is 84.7 cm³/mol. The van der Waals surface area contributed by atoms with Crippen molar-refractivity contribution < 1.29 is 9.47 Å². The van der Waals surface area contributed by atoms with E-state index in [0.29, 0.717) is 17.9 Å². The number of hydrogen-bond donors (Lipinski definition) is 0. The summed E-state index contributed by atoms with van der Waals surface area (Å²) < 4.78 is 12.8. The molecule has 1 atom stereocenters. The minimum Gasteiger partial charge on any atom is -0.480 e. The summed E-state index contributed by atoms with van der Waals surface area (Å²) in [7, 11) is 1.63. The molecule has 0 spiro atoms. The van der Waals surface area contributed by atoms with Crippen molar-refractivity contribution in [3.05, 3.63) is 18.0 Å². The Labute approximate surface area is 135 Å². The van der Waals surface area contributed by atoms with E-state index >= 15 is 0 Å². The Morgan fingerprint density at radius 1 is 1.22 bits per heavy atom. The average molecular weight is 317 g/mol. The first kappa shape index (κ1) is 14.8. The lowest BCUT2D eigenvalue weighted by atomic mass is 9.96. The highest BCUT2D eigenvalue weighted by Crippen LogP contribution is 2.28. The number of fused-ring (bicyclic) bond motifs is 1. The molecule has 2 fully saturated rings. The number of likely N-dealkylation sites (tertiary alicyclic amines) is 1. The van der Waals surface area contributed by atoms with Crippen molar-refractivity contribution in [2.24, 2.45) is 0 Å². The van der Waals surface area contributed by atoms with Gasteiger partial charge >= 0.3 is 0 Å². The van der Waals surface area contributed by atoms with Crippen LogP contribution in [-0.4, -0.2) is 64.2 Å². The van der Waals surface area contributed by atoms with Crippen LogP contribution in [0.5, 0.6) is 5.88 Å². The van der Waals surface area contributed by atoms with Crippen molar-refractivity contribution in [1.82, 2.24) is 24.7 Å². The Hall–Kier alpha value is -1.73. The first-order valence-corrected chi connectivity index (χ1v) is 8.44. The van der Waals surface area contributed by atoms with Gasteiger partial charge in [0.25, 0.3) is 0 Å². The second kappa shape index (κ2) is 6.41. The molecule has 0 amide bonds. The van der Waals surface area contributed by atoms with Gasteiger partial charge in [0.2, 0.25) is 5.88 Å². The van der Waals surface area contributed by atoms with Crippen LogP contribution in [0.2, 0.25) is 0 Å². The molecule has 4 heterocycles. The van der Waals surface area contributed by atoms with E-state index in [4.69, 9.17) is 9.47 Å². The third-order valence-corrected chi connectivity index (χ3v) is 4.91. The number of nitrogens with zero attached hydrogens (tertiary/aromatic N) is 5. The SMILES string of the molecule is COc1ccc2nnc(C3CCN(CC4CCCO4)CC3)n2n1. The molecule has 0 aromatic carbocycles. The molecule has 2 aliphatic rings. The van der Waals surface area contributed by atoms with E-state index in [1.165, 1.54) is 12.8 Å². The van der Waals surface area contributed by atoms with Gasteiger partial charge in [-0.25, -0.2) is 0 Å². The van der Waals surface area contributed by atoms with E-state index in [1.54, 1.807) is 7.11 Å². The van der Waals surface area contributed by atoms with Crippen molar-refractivity contribution in [3.8, 4) is 5.88 Å². The number of rotatable bonds is 4. The van der Waals surface area contributed by atoms with Crippen LogP contribution < -0.4 is 4.74 Å². The molecule has 2 aromatic heterocycles. The summed E-state index contributed by atoms with van der Waals surface area (Å²) in [6.45, 7) is 4.17. The molecule has 2 saturated heterocycles. The van der Waals surface area contributed by atoms with Gasteiger partial charge in [-0.15, -0.1) is 15.3 Å². The van der Waals surface area contributed by atoms with E-state index in [-0.39, 0.29) is 0 Å². The molecule has 2 aliphatic heterocycles. The predicted octanol–water partition coefficient (Wildman–Crippen LogP) is 1.49. The van der Waals surface area contributed by atoms with Crippen LogP contribution in [-0.2, 0) is 4.74 Å². The largest absolute Gasteiger partial charge is 0.480 e. The van der Waals surface area contributed by atoms with Crippen molar-refractivity contribution in [3.63, 3.8) is 0 Å². The van der Waals surface area contributed by atoms with Gasteiger partial charge in [0.05, 0.1) is 13.2 Å². The number of methoxy groups -OCH3 is 1. The molecule has 7 nitrogen and oxygen atoms in total. The lowest BCUT2D eigenvalue weighted by Crippen LogP contribution is -2.38. The lowest BCUT2D eigenvalue weighted by Gasteiger charge is -2.32. The number of piperidine rings is 1. The van der Waals surface area contributed by atoms with E-state index < -0.39 is 0 Å². The van der Waals surface area contributed by atoms with Crippen LogP contribution >= 0.6 is 0 Å². The topological polar surface area (TPSA) is 64.8 Å². The summed E-state index contributed by atoms with van der Waals surface area (Å²) >= 11 is 0. The molecule has 1 unspecified atom stereocenters. The quantitative estimate of drug-likeness (QED) is 0.851. The molecule has 0 radical (unpaired) electrons. The van der Waals surface area contributed by atoms with E-state index in [1.807, 2.05) is 16.6 Å². The number of hydrogen-bond acceptors (Lipinski definition) is 6. The third-order valence-electron chi connectivity index (χ3n) is 4.91. The van der Waals surface area contributed by atoms with E-state index in [9.17, 15) is 0 Å². The summed E-state index contributed by atoms with van der Waals surface area (Å²) in [6, 6.07) is 3.72. The summed E-state index contributed by atoms with van der Waals surface area (Å²) in [4.78, 5) is 2.52. The van der Waals surface area contributed by atoms with Gasteiger partial charge in [-0.1, -0.05) is 0 Å². The zero-order chi connectivity index (χ0) is 15.6. The van der Waals surface area contributed by atoms with E-state index in [2.05, 4.69) is 20.2 Å². The van der Waals surface area contributed by atoms with Crippen LogP contribution in [0.1, 0.15) is 37.4 Å². The van der Waals surface area contributed by atoms with Crippen LogP contribution in [0.4, 0.5) is 0 Å². The maximum absolute atomic E-state index is 5.75. The molecule has 0 bridgehead atoms. The van der Waals surface area contributed by atoms with Crippen molar-refractivity contribution in [1.29, 1.82) is 0 Å². The Bertz CT molecular complexity index is 660. The molecular formula is C16H23N5O2. The van der Waals surface area contributed by atoms with Crippen molar-refractivity contribution in [2.75, 3.05) is 33.4 Å². The Balaban J connectivity index is 1.43. The third kappa shape index (κ3) is 3.03. The van der Waals surface area contributed by atoms with Gasteiger partial charge in [-0.3, -0.25) is 0 Å². The molecular weight excluding hydrogens is 294 g/mol. The molecule has 4 rings (SSSR count). The normalized spacial score (nSPS) is 23.6. The van der Waals surface area contributed by atoms with Crippen LogP contribution in [0.3, 0.4) is 0 Å². The maximum atomic E-state index is 5.75. The minimum atomic E-state index is 0.408. The molecule has 2 aromatic rings. The smallest absolute Gasteiger partial charge is 0.231 e. The molecule has 124 valence electrons. The Kier molecular flexibility index (Phi) is 4.13. The highest BCUT2D eigenvalue weighted by molar-refractivity contribution is 5.38. The minimum absolute atomic E-state index is 0.408. The molecule has 0 saturated carbocycles. The fraction of sp³-hybridized carbons (Fsp3) is 0.688. The second-order valence-electron chi connectivity index (χ2n) is 6.41. The van der Waals surface area contributed by atoms with Crippen molar-refractivity contribution in [2.45, 2.75) is 37.7 Å². The lowest BCUT2D eigenvalue weighted by molar-refractivity contribution is 0.0639. The number of aromatic nitrogens is 4. The second-order valence-corrected chi connectivity index (χ2v) is 6.41. The Morgan fingerprint density at radius 2 is 2.09 bits per heavy atom. The summed E-state index contributed by atoms with van der Waals surface area (Å²) in [5, 5.41) is 13.1. The highest BCUT2D eigenvalue weighted by Gasteiger charge is 2.27. The fourth-order valence-corrected chi connectivity index (χ4v) is 3.60. The van der Waals surface area contributed by atoms with Gasteiger partial charge in [0, 0.05) is 25.1 Å². The summed E-state index contributed by atoms with van der Waals surface area (Å²) in [5.41, 5.74) is 0.780. The monoisotopic (exact) mass is 317 g/mol. The maximum Gasteiger partial charge on any atom is 0.231 e. The molecule has 7 heteroatoms. The van der Waals surface area contributed by atoms with Gasteiger partial charge in [-0.05, 0) is 44.8 Å². The van der Waals surface area contributed by atoms with Gasteiger partial charge in [-0.2, -0.15) is 4.52 Å². The van der Waals surface area contributed by atoms with Gasteiger partial charge in [0.1, 0.15) is 0 Å². The van der Waals surface area contributed by atoms with Gasteiger partial charge in [0.15, 0.2) is 11.5 Å². The van der Waals surface area contributed by atoms with Crippen LogP contribution in [0, 0.1) is 0 Å². The van der Waals surface area contributed by atoms with Crippen molar-refractivity contribution >= 4 is 5.65 Å².